The molecule has 0 aromatic rings. The highest BCUT2D eigenvalue weighted by atomic mass is 16.2. The Kier molecular flexibility index (Phi) is 4.32. The minimum atomic E-state index is -1.01. The van der Waals surface area contributed by atoms with Crippen LogP contribution in [0.5, 0.6) is 0 Å². The van der Waals surface area contributed by atoms with E-state index < -0.39 is 5.41 Å². The summed E-state index contributed by atoms with van der Waals surface area (Å²) < 4.78 is 0. The van der Waals surface area contributed by atoms with Crippen LogP contribution in [0.25, 0.3) is 0 Å². The van der Waals surface area contributed by atoms with Crippen molar-refractivity contribution in [2.45, 2.75) is 39.5 Å². The van der Waals surface area contributed by atoms with Crippen molar-refractivity contribution >= 4 is 11.8 Å². The van der Waals surface area contributed by atoms with E-state index in [1.54, 1.807) is 18.7 Å². The number of nitrogens with one attached hydrogen (secondary N) is 1. The number of amides is 2. The molecule has 1 saturated heterocycles. The lowest BCUT2D eigenvalue weighted by Crippen LogP contribution is -2.49. The molecule has 20 heavy (non-hydrogen) atoms. The molecule has 110 valence electrons. The number of carbonyl (C=O) groups is 2. The van der Waals surface area contributed by atoms with Crippen LogP contribution in [0.2, 0.25) is 0 Å². The second-order valence-electron chi connectivity index (χ2n) is 6.52. The summed E-state index contributed by atoms with van der Waals surface area (Å²) in [7, 11) is 0. The van der Waals surface area contributed by atoms with Gasteiger partial charge in [0.15, 0.2) is 0 Å². The van der Waals surface area contributed by atoms with Gasteiger partial charge in [-0.15, -0.1) is 0 Å². The molecular formula is C15H23N3O2. The minimum absolute atomic E-state index is 0.0594. The summed E-state index contributed by atoms with van der Waals surface area (Å²) in [5.41, 5.74) is -1.01. The Balaban J connectivity index is 1.89. The van der Waals surface area contributed by atoms with Gasteiger partial charge in [0.1, 0.15) is 5.41 Å². The number of hydrogen-bond acceptors (Lipinski definition) is 3. The Morgan fingerprint density at radius 2 is 2.05 bits per heavy atom. The summed E-state index contributed by atoms with van der Waals surface area (Å²) >= 11 is 0. The smallest absolute Gasteiger partial charge is 0.242 e. The fraction of sp³-hybridized carbons (Fsp3) is 0.800. The van der Waals surface area contributed by atoms with Crippen molar-refractivity contribution in [2.24, 2.45) is 17.3 Å². The zero-order chi connectivity index (χ0) is 14.8. The maximum absolute atomic E-state index is 12.3. The molecule has 1 aliphatic heterocycles. The SMILES string of the molecule is CC(C)(C#N)C(=O)N1CCCC(C(=O)NCC2CC2)C1. The first-order valence-corrected chi connectivity index (χ1v) is 7.42. The normalized spacial score (nSPS) is 23.1. The first kappa shape index (κ1) is 14.8. The van der Waals surface area contributed by atoms with Crippen LogP contribution in [0.4, 0.5) is 0 Å². The topological polar surface area (TPSA) is 73.2 Å². The van der Waals surface area contributed by atoms with Gasteiger partial charge in [-0.1, -0.05) is 0 Å². The Labute approximate surface area is 120 Å². The Morgan fingerprint density at radius 1 is 1.35 bits per heavy atom. The molecule has 0 radical (unpaired) electrons. The maximum Gasteiger partial charge on any atom is 0.242 e. The highest BCUT2D eigenvalue weighted by Gasteiger charge is 2.36. The molecule has 1 unspecified atom stereocenters. The van der Waals surface area contributed by atoms with Gasteiger partial charge in [0.2, 0.25) is 11.8 Å². The van der Waals surface area contributed by atoms with E-state index in [1.807, 2.05) is 6.07 Å². The number of rotatable bonds is 4. The number of nitrogens with zero attached hydrogens (tertiary/aromatic N) is 2. The monoisotopic (exact) mass is 277 g/mol. The van der Waals surface area contributed by atoms with E-state index >= 15 is 0 Å². The van der Waals surface area contributed by atoms with E-state index in [9.17, 15) is 9.59 Å². The molecule has 2 aliphatic rings. The predicted octanol–water partition coefficient (Wildman–Crippen LogP) is 1.30. The Bertz CT molecular complexity index is 435. The van der Waals surface area contributed by atoms with Crippen LogP contribution in [0.3, 0.4) is 0 Å². The van der Waals surface area contributed by atoms with Crippen molar-refractivity contribution < 1.29 is 9.59 Å². The lowest BCUT2D eigenvalue weighted by molar-refractivity contribution is -0.141. The van der Waals surface area contributed by atoms with Gasteiger partial charge in [0.05, 0.1) is 12.0 Å². The van der Waals surface area contributed by atoms with E-state index in [1.165, 1.54) is 12.8 Å². The zero-order valence-corrected chi connectivity index (χ0v) is 12.3. The van der Waals surface area contributed by atoms with Gasteiger partial charge in [0, 0.05) is 19.6 Å². The molecule has 0 spiro atoms. The molecule has 1 atom stereocenters. The van der Waals surface area contributed by atoms with Gasteiger partial charge in [-0.3, -0.25) is 9.59 Å². The predicted molar refractivity (Wildman–Crippen MR) is 74.4 cm³/mol. The number of carbonyl (C=O) groups excluding carboxylic acids is 2. The van der Waals surface area contributed by atoms with E-state index in [2.05, 4.69) is 5.32 Å². The number of nitriles is 1. The molecule has 2 fully saturated rings. The standard InChI is InChI=1S/C15H23N3O2/c1-15(2,10-16)14(20)18-7-3-4-12(9-18)13(19)17-8-11-5-6-11/h11-12H,3-9H2,1-2H3,(H,17,19). The number of piperidine rings is 1. The van der Waals surface area contributed by atoms with Crippen molar-refractivity contribution in [1.29, 1.82) is 5.26 Å². The summed E-state index contributed by atoms with van der Waals surface area (Å²) in [6, 6.07) is 2.04. The third kappa shape index (κ3) is 3.50. The molecule has 0 aromatic carbocycles. The number of hydrogen-bond donors (Lipinski definition) is 1. The molecule has 2 amide bonds. The first-order chi connectivity index (χ1) is 9.44. The van der Waals surface area contributed by atoms with Crippen LogP contribution in [-0.4, -0.2) is 36.3 Å². The summed E-state index contributed by atoms with van der Waals surface area (Å²) in [4.78, 5) is 26.0. The van der Waals surface area contributed by atoms with Crippen molar-refractivity contribution in [2.75, 3.05) is 19.6 Å². The third-order valence-corrected chi connectivity index (χ3v) is 4.16. The molecule has 1 saturated carbocycles. The summed E-state index contributed by atoms with van der Waals surface area (Å²) in [5.74, 6) is 0.433. The highest BCUT2D eigenvalue weighted by Crippen LogP contribution is 2.28. The van der Waals surface area contributed by atoms with Crippen LogP contribution >= 0.6 is 0 Å². The molecule has 1 N–H and O–H groups in total. The molecular weight excluding hydrogens is 254 g/mol. The van der Waals surface area contributed by atoms with Crippen molar-refractivity contribution in [3.05, 3.63) is 0 Å². The molecule has 2 rings (SSSR count). The average molecular weight is 277 g/mol. The van der Waals surface area contributed by atoms with E-state index in [0.717, 1.165) is 19.4 Å². The van der Waals surface area contributed by atoms with Crippen molar-refractivity contribution in [1.82, 2.24) is 10.2 Å². The Morgan fingerprint density at radius 3 is 2.65 bits per heavy atom. The fourth-order valence-corrected chi connectivity index (χ4v) is 2.53. The average Bonchev–Trinajstić information content (AvgIpc) is 3.28. The zero-order valence-electron chi connectivity index (χ0n) is 12.3. The lowest BCUT2D eigenvalue weighted by Gasteiger charge is -2.34. The maximum atomic E-state index is 12.3. The summed E-state index contributed by atoms with van der Waals surface area (Å²) in [6.07, 6.45) is 4.08. The van der Waals surface area contributed by atoms with E-state index in [-0.39, 0.29) is 17.7 Å². The van der Waals surface area contributed by atoms with Gasteiger partial charge in [-0.2, -0.15) is 5.26 Å². The van der Waals surface area contributed by atoms with Crippen LogP contribution in [0.1, 0.15) is 39.5 Å². The summed E-state index contributed by atoms with van der Waals surface area (Å²) in [6.45, 7) is 5.13. The molecule has 1 aliphatic carbocycles. The van der Waals surface area contributed by atoms with Crippen LogP contribution in [-0.2, 0) is 9.59 Å². The minimum Gasteiger partial charge on any atom is -0.356 e. The highest BCUT2D eigenvalue weighted by molar-refractivity contribution is 5.86. The van der Waals surface area contributed by atoms with Crippen LogP contribution in [0.15, 0.2) is 0 Å². The fourth-order valence-electron chi connectivity index (χ4n) is 2.53. The molecule has 5 heteroatoms. The molecule has 0 aromatic heterocycles. The van der Waals surface area contributed by atoms with Gasteiger partial charge in [0.25, 0.3) is 0 Å². The van der Waals surface area contributed by atoms with Crippen molar-refractivity contribution in [3.63, 3.8) is 0 Å². The molecule has 1 heterocycles. The largest absolute Gasteiger partial charge is 0.356 e. The molecule has 0 bridgehead atoms. The van der Waals surface area contributed by atoms with Crippen LogP contribution in [0, 0.1) is 28.6 Å². The number of likely N-dealkylation sites (tertiary alicyclic amines) is 1. The van der Waals surface area contributed by atoms with E-state index in [4.69, 9.17) is 5.26 Å². The summed E-state index contributed by atoms with van der Waals surface area (Å²) in [5, 5.41) is 12.0. The second kappa shape index (κ2) is 5.82. The van der Waals surface area contributed by atoms with Gasteiger partial charge < -0.3 is 10.2 Å². The first-order valence-electron chi connectivity index (χ1n) is 7.42. The third-order valence-electron chi connectivity index (χ3n) is 4.16. The van der Waals surface area contributed by atoms with Gasteiger partial charge in [-0.25, -0.2) is 0 Å². The second-order valence-corrected chi connectivity index (χ2v) is 6.52. The van der Waals surface area contributed by atoms with E-state index in [0.29, 0.717) is 19.0 Å². The van der Waals surface area contributed by atoms with Gasteiger partial charge in [-0.05, 0) is 45.4 Å². The van der Waals surface area contributed by atoms with Gasteiger partial charge >= 0.3 is 0 Å². The van der Waals surface area contributed by atoms with Crippen LogP contribution < -0.4 is 5.32 Å². The quantitative estimate of drug-likeness (QED) is 0.841. The van der Waals surface area contributed by atoms with Crippen molar-refractivity contribution in [3.8, 4) is 6.07 Å². The molecule has 5 nitrogen and oxygen atoms in total. The lowest BCUT2D eigenvalue weighted by atomic mass is 9.90. The Hall–Kier alpha value is -1.57.